The summed E-state index contributed by atoms with van der Waals surface area (Å²) in [7, 11) is 0. The molecule has 28 heavy (non-hydrogen) atoms. The zero-order valence-corrected chi connectivity index (χ0v) is 18.0. The molecule has 0 aromatic carbocycles. The van der Waals surface area contributed by atoms with Gasteiger partial charge in [0.2, 0.25) is 0 Å². The Kier molecular flexibility index (Phi) is 13.6. The molecule has 1 heterocycles. The molecule has 0 spiro atoms. The van der Waals surface area contributed by atoms with Crippen molar-refractivity contribution < 1.29 is 24.2 Å². The molecule has 0 bridgehead atoms. The lowest BCUT2D eigenvalue weighted by Gasteiger charge is -2.14. The van der Waals surface area contributed by atoms with Crippen LogP contribution in [0.15, 0.2) is 16.7 Å². The molecule has 1 atom stereocenters. The summed E-state index contributed by atoms with van der Waals surface area (Å²) in [6.45, 7) is 2.24. The number of unbranched alkanes of at least 4 members (excludes halogenated alkanes) is 9. The van der Waals surface area contributed by atoms with Gasteiger partial charge in [-0.3, -0.25) is 9.59 Å². The van der Waals surface area contributed by atoms with Crippen molar-refractivity contribution in [1.29, 1.82) is 0 Å². The summed E-state index contributed by atoms with van der Waals surface area (Å²) >= 11 is 1.35. The number of rotatable bonds is 18. The lowest BCUT2D eigenvalue weighted by Crippen LogP contribution is -2.06. The fraction of sp³-hybridized carbons (Fsp3) is 0.727. The Bertz CT molecular complexity index is 555. The van der Waals surface area contributed by atoms with Gasteiger partial charge in [-0.05, 0) is 24.5 Å². The van der Waals surface area contributed by atoms with Crippen LogP contribution in [0.3, 0.4) is 0 Å². The third kappa shape index (κ3) is 11.4. The van der Waals surface area contributed by atoms with Crippen LogP contribution in [0.2, 0.25) is 0 Å². The lowest BCUT2D eigenvalue weighted by molar-refractivity contribution is -0.137. The Morgan fingerprint density at radius 2 is 1.57 bits per heavy atom. The van der Waals surface area contributed by atoms with Gasteiger partial charge in [0, 0.05) is 5.75 Å². The number of thioether (sulfide) groups is 1. The number of carboxylic acid groups (broad SMARTS) is 2. The number of furan rings is 1. The molecule has 0 radical (unpaired) electrons. The number of carboxylic acids is 2. The van der Waals surface area contributed by atoms with E-state index in [1.807, 2.05) is 6.07 Å². The van der Waals surface area contributed by atoms with E-state index in [1.165, 1.54) is 69.5 Å². The summed E-state index contributed by atoms with van der Waals surface area (Å²) in [6.07, 6.45) is 15.3. The van der Waals surface area contributed by atoms with Gasteiger partial charge >= 0.3 is 11.9 Å². The molecule has 5 nitrogen and oxygen atoms in total. The Morgan fingerprint density at radius 3 is 2.14 bits per heavy atom. The monoisotopic (exact) mass is 412 g/mol. The van der Waals surface area contributed by atoms with Crippen LogP contribution in [0.1, 0.15) is 101 Å². The second-order valence-corrected chi connectivity index (χ2v) is 8.65. The molecule has 1 aromatic heterocycles. The molecule has 0 aliphatic rings. The Hall–Kier alpha value is -1.43. The predicted octanol–water partition coefficient (Wildman–Crippen LogP) is 6.47. The first-order valence-corrected chi connectivity index (χ1v) is 11.7. The maximum Gasteiger partial charge on any atom is 0.304 e. The van der Waals surface area contributed by atoms with E-state index in [2.05, 4.69) is 6.92 Å². The fourth-order valence-corrected chi connectivity index (χ4v) is 4.51. The van der Waals surface area contributed by atoms with E-state index < -0.39 is 11.9 Å². The minimum Gasteiger partial charge on any atom is -0.481 e. The highest BCUT2D eigenvalue weighted by Gasteiger charge is 2.22. The summed E-state index contributed by atoms with van der Waals surface area (Å²) in [5.41, 5.74) is 1.06. The van der Waals surface area contributed by atoms with Gasteiger partial charge in [-0.2, -0.15) is 0 Å². The molecule has 6 heteroatoms. The van der Waals surface area contributed by atoms with E-state index in [9.17, 15) is 14.7 Å². The summed E-state index contributed by atoms with van der Waals surface area (Å²) in [5, 5.41) is 17.6. The average molecular weight is 413 g/mol. The normalized spacial score (nSPS) is 12.2. The van der Waals surface area contributed by atoms with E-state index in [0.717, 1.165) is 18.4 Å². The lowest BCUT2D eigenvalue weighted by atomic mass is 10.0. The van der Waals surface area contributed by atoms with Crippen molar-refractivity contribution in [3.8, 4) is 0 Å². The van der Waals surface area contributed by atoms with Gasteiger partial charge in [-0.25, -0.2) is 0 Å². The SMILES string of the molecule is CCCCCCCCCCCCc1ccoc1C(CC(=O)O)SCCC(=O)O. The highest BCUT2D eigenvalue weighted by atomic mass is 32.2. The molecule has 1 aromatic rings. The number of hydrogen-bond acceptors (Lipinski definition) is 4. The van der Waals surface area contributed by atoms with Gasteiger partial charge in [0.05, 0.1) is 24.4 Å². The van der Waals surface area contributed by atoms with Crippen LogP contribution < -0.4 is 0 Å². The van der Waals surface area contributed by atoms with Crippen molar-refractivity contribution >= 4 is 23.7 Å². The molecule has 0 saturated heterocycles. The zero-order valence-electron chi connectivity index (χ0n) is 17.2. The Morgan fingerprint density at radius 1 is 0.964 bits per heavy atom. The molecule has 0 amide bonds. The van der Waals surface area contributed by atoms with Crippen molar-refractivity contribution in [3.63, 3.8) is 0 Å². The number of aryl methyl sites for hydroxylation is 1. The maximum absolute atomic E-state index is 11.2. The smallest absolute Gasteiger partial charge is 0.304 e. The van der Waals surface area contributed by atoms with Crippen LogP contribution in [0.5, 0.6) is 0 Å². The van der Waals surface area contributed by atoms with Gasteiger partial charge in [-0.15, -0.1) is 11.8 Å². The quantitative estimate of drug-likeness (QED) is 0.269. The first-order valence-electron chi connectivity index (χ1n) is 10.7. The molecular weight excluding hydrogens is 376 g/mol. The van der Waals surface area contributed by atoms with E-state index in [-0.39, 0.29) is 18.1 Å². The van der Waals surface area contributed by atoms with Gasteiger partial charge in [0.1, 0.15) is 5.76 Å². The van der Waals surface area contributed by atoms with Gasteiger partial charge < -0.3 is 14.6 Å². The van der Waals surface area contributed by atoms with Crippen LogP contribution in [0.4, 0.5) is 0 Å². The maximum atomic E-state index is 11.2. The molecule has 1 unspecified atom stereocenters. The van der Waals surface area contributed by atoms with Gasteiger partial charge in [0.25, 0.3) is 0 Å². The first-order chi connectivity index (χ1) is 13.5. The predicted molar refractivity (Wildman–Crippen MR) is 114 cm³/mol. The zero-order chi connectivity index (χ0) is 20.6. The average Bonchev–Trinajstić information content (AvgIpc) is 3.10. The van der Waals surface area contributed by atoms with Crippen molar-refractivity contribution in [2.75, 3.05) is 5.75 Å². The molecule has 0 aliphatic heterocycles. The van der Waals surface area contributed by atoms with Crippen LogP contribution >= 0.6 is 11.8 Å². The second kappa shape index (κ2) is 15.5. The van der Waals surface area contributed by atoms with E-state index >= 15 is 0 Å². The largest absolute Gasteiger partial charge is 0.481 e. The summed E-state index contributed by atoms with van der Waals surface area (Å²) in [6, 6.07) is 1.93. The van der Waals surface area contributed by atoms with Crippen molar-refractivity contribution in [3.05, 3.63) is 23.7 Å². The molecule has 160 valence electrons. The highest BCUT2D eigenvalue weighted by molar-refractivity contribution is 7.99. The Labute approximate surface area is 173 Å². The molecule has 2 N–H and O–H groups in total. The van der Waals surface area contributed by atoms with Crippen LogP contribution in [-0.4, -0.2) is 27.9 Å². The van der Waals surface area contributed by atoms with Crippen molar-refractivity contribution in [2.45, 2.75) is 95.6 Å². The third-order valence-electron chi connectivity index (χ3n) is 4.87. The number of hydrogen-bond donors (Lipinski definition) is 2. The van der Waals surface area contributed by atoms with Crippen LogP contribution in [-0.2, 0) is 16.0 Å². The highest BCUT2D eigenvalue weighted by Crippen LogP contribution is 2.36. The van der Waals surface area contributed by atoms with Crippen molar-refractivity contribution in [1.82, 2.24) is 0 Å². The minimum atomic E-state index is -0.894. The van der Waals surface area contributed by atoms with Crippen molar-refractivity contribution in [2.24, 2.45) is 0 Å². The standard InChI is InChI=1S/C22H36O5S/c1-2-3-4-5-6-7-8-9-10-11-12-18-13-15-27-22(18)19(17-21(25)26)28-16-14-20(23)24/h13,15,19H,2-12,14,16-17H2,1H3,(H,23,24)(H,25,26). The fourth-order valence-electron chi connectivity index (χ4n) is 3.31. The van der Waals surface area contributed by atoms with Gasteiger partial charge in [-0.1, -0.05) is 64.7 Å². The Balaban J connectivity index is 2.33. The number of carbonyl (C=O) groups is 2. The molecule has 0 aliphatic carbocycles. The number of aliphatic carboxylic acids is 2. The molecule has 0 fully saturated rings. The summed E-state index contributed by atoms with van der Waals surface area (Å²) < 4.78 is 5.60. The topological polar surface area (TPSA) is 87.7 Å². The minimum absolute atomic E-state index is 0.0231. The summed E-state index contributed by atoms with van der Waals surface area (Å²) in [5.74, 6) is -0.680. The second-order valence-electron chi connectivity index (χ2n) is 7.34. The summed E-state index contributed by atoms with van der Waals surface area (Å²) in [4.78, 5) is 21.9. The molecule has 1 rings (SSSR count). The van der Waals surface area contributed by atoms with E-state index in [0.29, 0.717) is 11.5 Å². The van der Waals surface area contributed by atoms with Crippen LogP contribution in [0.25, 0.3) is 0 Å². The third-order valence-corrected chi connectivity index (χ3v) is 6.09. The van der Waals surface area contributed by atoms with Crippen LogP contribution in [0, 0.1) is 0 Å². The first kappa shape index (κ1) is 24.6. The van der Waals surface area contributed by atoms with E-state index in [4.69, 9.17) is 9.52 Å². The molecule has 0 saturated carbocycles. The van der Waals surface area contributed by atoms with E-state index in [1.54, 1.807) is 6.26 Å². The molecular formula is C22H36O5S. The van der Waals surface area contributed by atoms with Gasteiger partial charge in [0.15, 0.2) is 0 Å².